The fourth-order valence-corrected chi connectivity index (χ4v) is 2.39. The lowest BCUT2D eigenvalue weighted by atomic mass is 10.1. The molecule has 1 saturated carbocycles. The molecule has 0 aromatic heterocycles. The van der Waals surface area contributed by atoms with E-state index in [4.69, 9.17) is 23.2 Å². The van der Waals surface area contributed by atoms with Gasteiger partial charge in [-0.2, -0.15) is 0 Å². The summed E-state index contributed by atoms with van der Waals surface area (Å²) in [5.41, 5.74) is 0.759. The summed E-state index contributed by atoms with van der Waals surface area (Å²) < 4.78 is 0. The van der Waals surface area contributed by atoms with E-state index in [1.807, 2.05) is 19.2 Å². The molecule has 0 aliphatic heterocycles. The Morgan fingerprint density at radius 2 is 2.11 bits per heavy atom. The van der Waals surface area contributed by atoms with Gasteiger partial charge in [0.1, 0.15) is 0 Å². The van der Waals surface area contributed by atoms with Gasteiger partial charge in [0.25, 0.3) is 0 Å². The van der Waals surface area contributed by atoms with E-state index in [1.54, 1.807) is 23.1 Å². The van der Waals surface area contributed by atoms with E-state index in [2.05, 4.69) is 6.92 Å². The van der Waals surface area contributed by atoms with Crippen molar-refractivity contribution in [3.05, 3.63) is 39.9 Å². The Kier molecular flexibility index (Phi) is 4.54. The van der Waals surface area contributed by atoms with Gasteiger partial charge in [-0.25, -0.2) is 0 Å². The smallest absolute Gasteiger partial charge is 0.246 e. The van der Waals surface area contributed by atoms with Gasteiger partial charge in [-0.1, -0.05) is 35.3 Å². The minimum absolute atomic E-state index is 0.00422. The summed E-state index contributed by atoms with van der Waals surface area (Å²) in [5, 5.41) is 0.974. The molecule has 0 saturated heterocycles. The quantitative estimate of drug-likeness (QED) is 0.760. The molecular formula is C15H17Cl2NO. The summed E-state index contributed by atoms with van der Waals surface area (Å²) >= 11 is 12.0. The average molecular weight is 298 g/mol. The topological polar surface area (TPSA) is 20.3 Å². The van der Waals surface area contributed by atoms with Crippen LogP contribution in [0.25, 0.3) is 6.08 Å². The van der Waals surface area contributed by atoms with Crippen LogP contribution in [0.4, 0.5) is 0 Å². The van der Waals surface area contributed by atoms with Crippen LogP contribution in [0.15, 0.2) is 24.3 Å². The molecule has 1 fully saturated rings. The number of carbonyl (C=O) groups excluding carboxylic acids is 1. The standard InChI is InChI=1S/C15H17Cl2NO/c1-10(11-6-7-11)18(2)14(19)9-8-12-4-3-5-13(16)15(12)17/h3-5,8-11H,6-7H2,1-2H3/b9-8+. The second-order valence-corrected chi connectivity index (χ2v) is 5.79. The maximum Gasteiger partial charge on any atom is 0.246 e. The molecule has 0 bridgehead atoms. The lowest BCUT2D eigenvalue weighted by molar-refractivity contribution is -0.126. The van der Waals surface area contributed by atoms with Crippen LogP contribution in [0.2, 0.25) is 10.0 Å². The zero-order chi connectivity index (χ0) is 14.0. The van der Waals surface area contributed by atoms with Crippen LogP contribution in [0, 0.1) is 5.92 Å². The third-order valence-electron chi connectivity index (χ3n) is 3.65. The second kappa shape index (κ2) is 5.98. The van der Waals surface area contributed by atoms with Gasteiger partial charge in [-0.3, -0.25) is 4.79 Å². The number of likely N-dealkylation sites (N-methyl/N-ethyl adjacent to an activating group) is 1. The summed E-state index contributed by atoms with van der Waals surface area (Å²) in [6.07, 6.45) is 5.72. The molecule has 0 N–H and O–H groups in total. The van der Waals surface area contributed by atoms with Crippen molar-refractivity contribution < 1.29 is 4.79 Å². The van der Waals surface area contributed by atoms with Gasteiger partial charge in [0.15, 0.2) is 0 Å². The van der Waals surface area contributed by atoms with Crippen molar-refractivity contribution in [2.24, 2.45) is 5.92 Å². The van der Waals surface area contributed by atoms with E-state index in [-0.39, 0.29) is 5.91 Å². The van der Waals surface area contributed by atoms with Crippen LogP contribution < -0.4 is 0 Å². The Balaban J connectivity index is 2.05. The van der Waals surface area contributed by atoms with Crippen molar-refractivity contribution in [2.75, 3.05) is 7.05 Å². The highest BCUT2D eigenvalue weighted by Gasteiger charge is 2.31. The van der Waals surface area contributed by atoms with Gasteiger partial charge in [-0.05, 0) is 43.4 Å². The van der Waals surface area contributed by atoms with Gasteiger partial charge in [-0.15, -0.1) is 0 Å². The first-order chi connectivity index (χ1) is 9.00. The lowest BCUT2D eigenvalue weighted by Gasteiger charge is -2.23. The molecule has 4 heteroatoms. The molecule has 1 atom stereocenters. The van der Waals surface area contributed by atoms with Gasteiger partial charge in [0, 0.05) is 19.2 Å². The van der Waals surface area contributed by atoms with Crippen LogP contribution >= 0.6 is 23.2 Å². The molecule has 1 unspecified atom stereocenters. The Morgan fingerprint density at radius 1 is 1.42 bits per heavy atom. The molecule has 1 aromatic carbocycles. The third kappa shape index (κ3) is 3.52. The third-order valence-corrected chi connectivity index (χ3v) is 4.48. The molecule has 2 nitrogen and oxygen atoms in total. The maximum atomic E-state index is 12.0. The lowest BCUT2D eigenvalue weighted by Crippen LogP contribution is -2.35. The second-order valence-electron chi connectivity index (χ2n) is 5.00. The normalized spacial score (nSPS) is 16.6. The number of halogens is 2. The molecule has 0 heterocycles. The highest BCUT2D eigenvalue weighted by atomic mass is 35.5. The van der Waals surface area contributed by atoms with Gasteiger partial charge < -0.3 is 4.90 Å². The van der Waals surface area contributed by atoms with Gasteiger partial charge >= 0.3 is 0 Å². The predicted octanol–water partition coefficient (Wildman–Crippen LogP) is 4.26. The van der Waals surface area contributed by atoms with Crippen LogP contribution in [0.3, 0.4) is 0 Å². The molecule has 0 spiro atoms. The van der Waals surface area contributed by atoms with E-state index in [9.17, 15) is 4.79 Å². The Morgan fingerprint density at radius 3 is 2.74 bits per heavy atom. The maximum absolute atomic E-state index is 12.0. The largest absolute Gasteiger partial charge is 0.339 e. The van der Waals surface area contributed by atoms with E-state index in [0.717, 1.165) is 5.56 Å². The summed E-state index contributed by atoms with van der Waals surface area (Å²) in [5.74, 6) is 0.660. The molecule has 1 aromatic rings. The van der Waals surface area contributed by atoms with Gasteiger partial charge in [0.2, 0.25) is 5.91 Å². The van der Waals surface area contributed by atoms with Crippen molar-refractivity contribution in [3.8, 4) is 0 Å². The summed E-state index contributed by atoms with van der Waals surface area (Å²) in [4.78, 5) is 13.8. The fraction of sp³-hybridized carbons (Fsp3) is 0.400. The van der Waals surface area contributed by atoms with Crippen molar-refractivity contribution in [1.29, 1.82) is 0 Å². The molecular weight excluding hydrogens is 281 g/mol. The van der Waals surface area contributed by atoms with Crippen LogP contribution in [0.5, 0.6) is 0 Å². The van der Waals surface area contributed by atoms with E-state index in [1.165, 1.54) is 12.8 Å². The molecule has 102 valence electrons. The minimum Gasteiger partial charge on any atom is -0.339 e. The number of nitrogens with zero attached hydrogens (tertiary/aromatic N) is 1. The molecule has 19 heavy (non-hydrogen) atoms. The molecule has 2 rings (SSSR count). The van der Waals surface area contributed by atoms with Crippen LogP contribution in [-0.4, -0.2) is 23.9 Å². The number of benzene rings is 1. The number of carbonyl (C=O) groups is 1. The first kappa shape index (κ1) is 14.4. The number of rotatable bonds is 4. The van der Waals surface area contributed by atoms with Crippen molar-refractivity contribution in [3.63, 3.8) is 0 Å². The highest BCUT2D eigenvalue weighted by Crippen LogP contribution is 2.34. The Bertz CT molecular complexity index is 509. The van der Waals surface area contributed by atoms with E-state index in [0.29, 0.717) is 22.0 Å². The van der Waals surface area contributed by atoms with Crippen molar-refractivity contribution in [1.82, 2.24) is 4.90 Å². The zero-order valence-electron chi connectivity index (χ0n) is 11.1. The molecule has 0 radical (unpaired) electrons. The van der Waals surface area contributed by atoms with Crippen molar-refractivity contribution in [2.45, 2.75) is 25.8 Å². The van der Waals surface area contributed by atoms with E-state index < -0.39 is 0 Å². The van der Waals surface area contributed by atoms with Gasteiger partial charge in [0.05, 0.1) is 10.0 Å². The van der Waals surface area contributed by atoms with Crippen molar-refractivity contribution >= 4 is 35.2 Å². The number of amides is 1. The Hall–Kier alpha value is -0.990. The molecule has 1 amide bonds. The predicted molar refractivity (Wildman–Crippen MR) is 80.5 cm³/mol. The number of hydrogen-bond donors (Lipinski definition) is 0. The summed E-state index contributed by atoms with van der Waals surface area (Å²) in [6.45, 7) is 2.09. The summed E-state index contributed by atoms with van der Waals surface area (Å²) in [6, 6.07) is 5.67. The molecule has 1 aliphatic rings. The van der Waals surface area contributed by atoms with Crippen LogP contribution in [-0.2, 0) is 4.79 Å². The first-order valence-electron chi connectivity index (χ1n) is 6.39. The molecule has 1 aliphatic carbocycles. The highest BCUT2D eigenvalue weighted by molar-refractivity contribution is 6.42. The summed E-state index contributed by atoms with van der Waals surface area (Å²) in [7, 11) is 1.84. The number of hydrogen-bond acceptors (Lipinski definition) is 1. The monoisotopic (exact) mass is 297 g/mol. The zero-order valence-corrected chi connectivity index (χ0v) is 12.6. The van der Waals surface area contributed by atoms with E-state index >= 15 is 0 Å². The minimum atomic E-state index is -0.00422. The average Bonchev–Trinajstić information content (AvgIpc) is 3.22. The van der Waals surface area contributed by atoms with Crippen LogP contribution in [0.1, 0.15) is 25.3 Å². The Labute approximate surface area is 124 Å². The first-order valence-corrected chi connectivity index (χ1v) is 7.15. The SMILES string of the molecule is CC(C1CC1)N(C)C(=O)/C=C/c1cccc(Cl)c1Cl. The fourth-order valence-electron chi connectivity index (χ4n) is 2.02.